The quantitative estimate of drug-likeness (QED) is 0.438. The van der Waals surface area contributed by atoms with Crippen molar-refractivity contribution in [2.45, 2.75) is 19.1 Å². The van der Waals surface area contributed by atoms with Gasteiger partial charge < -0.3 is 15.0 Å². The van der Waals surface area contributed by atoms with Crippen molar-refractivity contribution >= 4 is 6.29 Å². The third kappa shape index (κ3) is 2.31. The van der Waals surface area contributed by atoms with Crippen LogP contribution < -0.4 is 0 Å². The Balaban J connectivity index is 3.33. The monoisotopic (exact) mass is 104 g/mol. The molecule has 0 saturated carbocycles. The summed E-state index contributed by atoms with van der Waals surface area (Å²) in [5, 5.41) is 16.7. The van der Waals surface area contributed by atoms with Crippen LogP contribution in [-0.2, 0) is 4.79 Å². The normalized spacial score (nSPS) is 18.1. The molecule has 3 nitrogen and oxygen atoms in total. The Kier molecular flexibility index (Phi) is 2.55. The van der Waals surface area contributed by atoms with Gasteiger partial charge in [0.05, 0.1) is 6.10 Å². The van der Waals surface area contributed by atoms with E-state index < -0.39 is 12.2 Å². The summed E-state index contributed by atoms with van der Waals surface area (Å²) in [6, 6.07) is 0. The van der Waals surface area contributed by atoms with Crippen molar-refractivity contribution < 1.29 is 15.0 Å². The van der Waals surface area contributed by atoms with Crippen LogP contribution in [0.25, 0.3) is 0 Å². The zero-order valence-electron chi connectivity index (χ0n) is 4.03. The predicted molar refractivity (Wildman–Crippen MR) is 23.8 cm³/mol. The Morgan fingerprint density at radius 2 is 2.00 bits per heavy atom. The minimum Gasteiger partial charge on any atom is -0.390 e. The molecule has 0 rings (SSSR count). The lowest BCUT2D eigenvalue weighted by Gasteiger charge is -2.02. The van der Waals surface area contributed by atoms with Gasteiger partial charge in [-0.25, -0.2) is 0 Å². The SMILES string of the molecule is C[C@@H](O)[C@@H](O)C=O. The van der Waals surface area contributed by atoms with E-state index in [2.05, 4.69) is 0 Å². The van der Waals surface area contributed by atoms with Gasteiger partial charge in [0.2, 0.25) is 0 Å². The van der Waals surface area contributed by atoms with E-state index in [0.29, 0.717) is 6.29 Å². The first-order valence-electron chi connectivity index (χ1n) is 2.00. The highest BCUT2D eigenvalue weighted by molar-refractivity contribution is 5.56. The molecule has 0 unspecified atom stereocenters. The van der Waals surface area contributed by atoms with Gasteiger partial charge in [-0.2, -0.15) is 0 Å². The zero-order valence-corrected chi connectivity index (χ0v) is 4.03. The molecule has 0 aromatic heterocycles. The molecule has 0 bridgehead atoms. The molecule has 0 aromatic rings. The molecule has 0 spiro atoms. The van der Waals surface area contributed by atoms with E-state index in [0.717, 1.165) is 0 Å². The minimum absolute atomic E-state index is 0.296. The molecule has 0 saturated heterocycles. The van der Waals surface area contributed by atoms with Crippen LogP contribution in [0.3, 0.4) is 0 Å². The van der Waals surface area contributed by atoms with Gasteiger partial charge in [-0.15, -0.1) is 0 Å². The highest BCUT2D eigenvalue weighted by atomic mass is 16.3. The molecule has 2 N–H and O–H groups in total. The van der Waals surface area contributed by atoms with E-state index in [1.54, 1.807) is 0 Å². The summed E-state index contributed by atoms with van der Waals surface area (Å²) < 4.78 is 0. The summed E-state index contributed by atoms with van der Waals surface area (Å²) in [7, 11) is 0. The third-order valence-electron chi connectivity index (χ3n) is 0.634. The molecular formula is C4H8O3. The van der Waals surface area contributed by atoms with Crippen molar-refractivity contribution in [2.75, 3.05) is 0 Å². The smallest absolute Gasteiger partial charge is 0.151 e. The van der Waals surface area contributed by atoms with Crippen molar-refractivity contribution in [2.24, 2.45) is 0 Å². The lowest BCUT2D eigenvalue weighted by atomic mass is 10.3. The maximum absolute atomic E-state index is 9.54. The summed E-state index contributed by atoms with van der Waals surface area (Å²) in [5.74, 6) is 0. The summed E-state index contributed by atoms with van der Waals surface area (Å²) in [6.07, 6.45) is -1.87. The Labute approximate surface area is 41.6 Å². The van der Waals surface area contributed by atoms with E-state index in [4.69, 9.17) is 10.2 Å². The molecule has 0 aliphatic rings. The number of aliphatic hydroxyl groups excluding tert-OH is 2. The van der Waals surface area contributed by atoms with Crippen molar-refractivity contribution in [1.29, 1.82) is 0 Å². The number of aliphatic hydroxyl groups is 2. The average Bonchev–Trinajstić information content (AvgIpc) is 1.65. The van der Waals surface area contributed by atoms with E-state index in [-0.39, 0.29) is 0 Å². The lowest BCUT2D eigenvalue weighted by molar-refractivity contribution is -0.119. The van der Waals surface area contributed by atoms with Gasteiger partial charge in [0.25, 0.3) is 0 Å². The summed E-state index contributed by atoms with van der Waals surface area (Å²) in [5.41, 5.74) is 0. The van der Waals surface area contributed by atoms with Gasteiger partial charge in [-0.3, -0.25) is 0 Å². The van der Waals surface area contributed by atoms with Crippen LogP contribution in [0.5, 0.6) is 0 Å². The van der Waals surface area contributed by atoms with Crippen LogP contribution in [0, 0.1) is 0 Å². The third-order valence-corrected chi connectivity index (χ3v) is 0.634. The van der Waals surface area contributed by atoms with E-state index in [9.17, 15) is 4.79 Å². The molecule has 0 fully saturated rings. The molecule has 42 valence electrons. The summed E-state index contributed by atoms with van der Waals surface area (Å²) in [4.78, 5) is 9.54. The molecule has 2 atom stereocenters. The van der Waals surface area contributed by atoms with Crippen LogP contribution in [0.2, 0.25) is 0 Å². The first-order chi connectivity index (χ1) is 3.18. The van der Waals surface area contributed by atoms with Gasteiger partial charge >= 0.3 is 0 Å². The number of carbonyl (C=O) groups excluding carboxylic acids is 1. The van der Waals surface area contributed by atoms with Gasteiger partial charge in [0.15, 0.2) is 6.29 Å². The molecule has 0 aliphatic carbocycles. The standard InChI is InChI=1S/C4H8O3/c1-3(6)4(7)2-5/h2-4,6-7H,1H3/t3-,4+/m1/s1. The minimum atomic E-state index is -1.22. The van der Waals surface area contributed by atoms with E-state index in [1.165, 1.54) is 6.92 Å². The fraction of sp³-hybridized carbons (Fsp3) is 0.750. The first-order valence-corrected chi connectivity index (χ1v) is 2.00. The topological polar surface area (TPSA) is 57.5 Å². The predicted octanol–water partition coefficient (Wildman–Crippen LogP) is -1.07. The van der Waals surface area contributed by atoms with Crippen LogP contribution in [0.1, 0.15) is 6.92 Å². The Hall–Kier alpha value is -0.410. The first kappa shape index (κ1) is 6.59. The van der Waals surface area contributed by atoms with Crippen LogP contribution >= 0.6 is 0 Å². The number of carbonyl (C=O) groups is 1. The Morgan fingerprint density at radius 3 is 2.00 bits per heavy atom. The second kappa shape index (κ2) is 2.71. The molecule has 0 radical (unpaired) electrons. The summed E-state index contributed by atoms with van der Waals surface area (Å²) >= 11 is 0. The lowest BCUT2D eigenvalue weighted by Crippen LogP contribution is -2.23. The van der Waals surface area contributed by atoms with Crippen LogP contribution in [-0.4, -0.2) is 28.7 Å². The molecule has 0 heterocycles. The second-order valence-corrected chi connectivity index (χ2v) is 1.37. The Bertz CT molecular complexity index is 60.0. The molecular weight excluding hydrogens is 96.0 g/mol. The van der Waals surface area contributed by atoms with Gasteiger partial charge in [0, 0.05) is 0 Å². The van der Waals surface area contributed by atoms with Crippen LogP contribution in [0.4, 0.5) is 0 Å². The number of hydrogen-bond donors (Lipinski definition) is 2. The number of aldehydes is 1. The highest BCUT2D eigenvalue weighted by Crippen LogP contribution is 1.83. The van der Waals surface area contributed by atoms with Crippen molar-refractivity contribution in [3.8, 4) is 0 Å². The molecule has 0 aromatic carbocycles. The molecule has 3 heteroatoms. The van der Waals surface area contributed by atoms with Crippen molar-refractivity contribution in [3.05, 3.63) is 0 Å². The fourth-order valence-electron chi connectivity index (χ4n) is 0.114. The van der Waals surface area contributed by atoms with Gasteiger partial charge in [-0.1, -0.05) is 0 Å². The van der Waals surface area contributed by atoms with Crippen molar-refractivity contribution in [1.82, 2.24) is 0 Å². The number of rotatable bonds is 2. The van der Waals surface area contributed by atoms with E-state index in [1.807, 2.05) is 0 Å². The molecule has 0 aliphatic heterocycles. The van der Waals surface area contributed by atoms with Gasteiger partial charge in [-0.05, 0) is 6.92 Å². The Morgan fingerprint density at radius 1 is 1.57 bits per heavy atom. The maximum atomic E-state index is 9.54. The highest BCUT2D eigenvalue weighted by Gasteiger charge is 2.06. The number of hydrogen-bond acceptors (Lipinski definition) is 3. The van der Waals surface area contributed by atoms with Crippen LogP contribution in [0.15, 0.2) is 0 Å². The zero-order chi connectivity index (χ0) is 5.86. The largest absolute Gasteiger partial charge is 0.390 e. The molecule has 0 amide bonds. The average molecular weight is 104 g/mol. The summed E-state index contributed by atoms with van der Waals surface area (Å²) in [6.45, 7) is 1.35. The second-order valence-electron chi connectivity index (χ2n) is 1.37. The maximum Gasteiger partial charge on any atom is 0.151 e. The fourth-order valence-corrected chi connectivity index (χ4v) is 0.114. The van der Waals surface area contributed by atoms with Crippen molar-refractivity contribution in [3.63, 3.8) is 0 Å². The van der Waals surface area contributed by atoms with E-state index >= 15 is 0 Å². The van der Waals surface area contributed by atoms with Gasteiger partial charge in [0.1, 0.15) is 6.10 Å². The molecule has 7 heavy (non-hydrogen) atoms.